The van der Waals surface area contributed by atoms with E-state index in [0.717, 1.165) is 21.5 Å². The van der Waals surface area contributed by atoms with Crippen LogP contribution in [0.2, 0.25) is 0 Å². The molecule has 0 aromatic heterocycles. The molecule has 33 heavy (non-hydrogen) atoms. The zero-order chi connectivity index (χ0) is 24.0. The van der Waals surface area contributed by atoms with E-state index in [-0.39, 0.29) is 11.9 Å². The van der Waals surface area contributed by atoms with Crippen molar-refractivity contribution >= 4 is 33.4 Å². The fourth-order valence-electron chi connectivity index (χ4n) is 3.79. The zero-order valence-corrected chi connectivity index (χ0v) is 19.6. The van der Waals surface area contributed by atoms with Gasteiger partial charge in [0.25, 0.3) is 5.91 Å². The molecule has 3 rings (SSSR count). The van der Waals surface area contributed by atoms with Crippen LogP contribution in [-0.4, -0.2) is 54.0 Å². The Morgan fingerprint density at radius 2 is 1.24 bits per heavy atom. The fourth-order valence-corrected chi connectivity index (χ4v) is 3.79. The number of methoxy groups -OCH3 is 5. The summed E-state index contributed by atoms with van der Waals surface area (Å²) in [6, 6.07) is 9.22. The summed E-state index contributed by atoms with van der Waals surface area (Å²) >= 11 is 0. The minimum atomic E-state index is -0.257. The van der Waals surface area contributed by atoms with Gasteiger partial charge in [0.2, 0.25) is 0 Å². The molecule has 3 aromatic carbocycles. The molecule has 0 spiro atoms. The molecule has 8 nitrogen and oxygen atoms in total. The van der Waals surface area contributed by atoms with Gasteiger partial charge in [0.1, 0.15) is 0 Å². The van der Waals surface area contributed by atoms with Gasteiger partial charge in [-0.1, -0.05) is 0 Å². The molecule has 0 fully saturated rings. The Bertz CT molecular complexity index is 1170. The van der Waals surface area contributed by atoms with Crippen molar-refractivity contribution in [2.75, 3.05) is 42.1 Å². The van der Waals surface area contributed by atoms with Crippen LogP contribution in [-0.2, 0) is 9.53 Å². The SMILES string of the molecule is COC(=O)CCCCNC(=O)c1cc2cc(OC)c(OC)cc2c2cc(OC)c(OC)cc12. The van der Waals surface area contributed by atoms with Crippen LogP contribution in [0.25, 0.3) is 21.5 Å². The molecule has 0 heterocycles. The Labute approximate surface area is 192 Å². The third-order valence-corrected chi connectivity index (χ3v) is 5.53. The van der Waals surface area contributed by atoms with Crippen LogP contribution in [0.5, 0.6) is 23.0 Å². The second-order valence-electron chi connectivity index (χ2n) is 7.39. The largest absolute Gasteiger partial charge is 0.493 e. The van der Waals surface area contributed by atoms with Gasteiger partial charge in [-0.3, -0.25) is 9.59 Å². The van der Waals surface area contributed by atoms with Gasteiger partial charge in [-0.05, 0) is 64.7 Å². The number of benzene rings is 3. The Hall–Kier alpha value is -3.68. The highest BCUT2D eigenvalue weighted by Crippen LogP contribution is 2.41. The standard InChI is InChI=1S/C25H29NO7/c1-29-20-11-15-10-19(25(28)26-9-7-6-8-24(27)33-5)18-14-23(32-4)22(31-3)13-17(18)16(15)12-21(20)30-2/h10-14H,6-9H2,1-5H3,(H,26,28). The molecular formula is C25H29NO7. The highest BCUT2D eigenvalue weighted by Gasteiger charge is 2.18. The minimum absolute atomic E-state index is 0.220. The van der Waals surface area contributed by atoms with E-state index in [0.29, 0.717) is 54.4 Å². The number of ether oxygens (including phenoxy) is 5. The van der Waals surface area contributed by atoms with Crippen LogP contribution in [0, 0.1) is 0 Å². The highest BCUT2D eigenvalue weighted by molar-refractivity contribution is 6.18. The van der Waals surface area contributed by atoms with E-state index < -0.39 is 0 Å². The third-order valence-electron chi connectivity index (χ3n) is 5.53. The summed E-state index contributed by atoms with van der Waals surface area (Å²) in [5, 5.41) is 6.20. The predicted molar refractivity (Wildman–Crippen MR) is 126 cm³/mol. The molecule has 0 atom stereocenters. The number of esters is 1. The Balaban J connectivity index is 2.06. The molecule has 176 valence electrons. The number of unbranched alkanes of at least 4 members (excludes halogenated alkanes) is 1. The van der Waals surface area contributed by atoms with E-state index in [4.69, 9.17) is 18.9 Å². The lowest BCUT2D eigenvalue weighted by Gasteiger charge is -2.16. The van der Waals surface area contributed by atoms with Gasteiger partial charge in [0.15, 0.2) is 23.0 Å². The Kier molecular flexibility index (Phi) is 7.82. The van der Waals surface area contributed by atoms with Crippen LogP contribution in [0.15, 0.2) is 30.3 Å². The first-order valence-electron chi connectivity index (χ1n) is 10.6. The molecule has 0 saturated heterocycles. The molecule has 0 aliphatic carbocycles. The normalized spacial score (nSPS) is 10.7. The number of fused-ring (bicyclic) bond motifs is 3. The van der Waals surface area contributed by atoms with Crippen LogP contribution in [0.4, 0.5) is 0 Å². The van der Waals surface area contributed by atoms with Crippen LogP contribution < -0.4 is 24.3 Å². The lowest BCUT2D eigenvalue weighted by molar-refractivity contribution is -0.140. The van der Waals surface area contributed by atoms with Crippen LogP contribution in [0.1, 0.15) is 29.6 Å². The lowest BCUT2D eigenvalue weighted by Crippen LogP contribution is -2.24. The minimum Gasteiger partial charge on any atom is -0.493 e. The number of hydrogen-bond donors (Lipinski definition) is 1. The maximum absolute atomic E-state index is 13.2. The highest BCUT2D eigenvalue weighted by atomic mass is 16.5. The Morgan fingerprint density at radius 1 is 0.697 bits per heavy atom. The third kappa shape index (κ3) is 5.05. The summed E-state index contributed by atoms with van der Waals surface area (Å²) in [7, 11) is 7.64. The van der Waals surface area contributed by atoms with Gasteiger partial charge in [0, 0.05) is 18.5 Å². The zero-order valence-electron chi connectivity index (χ0n) is 19.6. The van der Waals surface area contributed by atoms with E-state index in [9.17, 15) is 9.59 Å². The maximum Gasteiger partial charge on any atom is 0.305 e. The van der Waals surface area contributed by atoms with Crippen molar-refractivity contribution in [3.05, 3.63) is 35.9 Å². The molecule has 1 amide bonds. The van der Waals surface area contributed by atoms with E-state index in [1.54, 1.807) is 34.5 Å². The molecule has 1 N–H and O–H groups in total. The van der Waals surface area contributed by atoms with E-state index in [2.05, 4.69) is 10.1 Å². The van der Waals surface area contributed by atoms with Crippen molar-refractivity contribution in [1.29, 1.82) is 0 Å². The summed E-state index contributed by atoms with van der Waals surface area (Å²) < 4.78 is 26.5. The topological polar surface area (TPSA) is 92.3 Å². The van der Waals surface area contributed by atoms with Gasteiger partial charge in [0.05, 0.1) is 35.5 Å². The number of carbonyl (C=O) groups is 2. The number of rotatable bonds is 10. The van der Waals surface area contributed by atoms with Gasteiger partial charge >= 0.3 is 5.97 Å². The maximum atomic E-state index is 13.2. The molecule has 0 aliphatic rings. The smallest absolute Gasteiger partial charge is 0.305 e. The van der Waals surface area contributed by atoms with Crippen molar-refractivity contribution in [2.45, 2.75) is 19.3 Å². The van der Waals surface area contributed by atoms with Crippen LogP contribution in [0.3, 0.4) is 0 Å². The van der Waals surface area contributed by atoms with Crippen molar-refractivity contribution in [3.8, 4) is 23.0 Å². The first-order chi connectivity index (χ1) is 16.0. The monoisotopic (exact) mass is 455 g/mol. The van der Waals surface area contributed by atoms with Crippen molar-refractivity contribution < 1.29 is 33.3 Å². The molecule has 0 aliphatic heterocycles. The summed E-state index contributed by atoms with van der Waals surface area (Å²) in [5.41, 5.74) is 0.499. The van der Waals surface area contributed by atoms with Gasteiger partial charge in [-0.15, -0.1) is 0 Å². The molecule has 0 radical (unpaired) electrons. The average molecular weight is 456 g/mol. The van der Waals surface area contributed by atoms with E-state index in [1.165, 1.54) is 7.11 Å². The number of hydrogen-bond acceptors (Lipinski definition) is 7. The number of nitrogens with one attached hydrogen (secondary N) is 1. The second-order valence-corrected chi connectivity index (χ2v) is 7.39. The van der Waals surface area contributed by atoms with Crippen LogP contribution >= 0.6 is 0 Å². The first kappa shape index (κ1) is 24.0. The molecule has 8 heteroatoms. The van der Waals surface area contributed by atoms with Gasteiger partial charge < -0.3 is 29.0 Å². The number of carbonyl (C=O) groups excluding carboxylic acids is 2. The molecule has 0 saturated carbocycles. The number of amides is 1. The first-order valence-corrected chi connectivity index (χ1v) is 10.6. The average Bonchev–Trinajstić information content (AvgIpc) is 2.85. The Morgan fingerprint density at radius 3 is 1.82 bits per heavy atom. The quantitative estimate of drug-likeness (QED) is 0.279. The summed E-state index contributed by atoms with van der Waals surface area (Å²) in [6.07, 6.45) is 1.62. The fraction of sp³-hybridized carbons (Fsp3) is 0.360. The second kappa shape index (κ2) is 10.8. The summed E-state index contributed by atoms with van der Waals surface area (Å²) in [6.45, 7) is 0.439. The molecule has 0 bridgehead atoms. The van der Waals surface area contributed by atoms with Gasteiger partial charge in [-0.25, -0.2) is 0 Å². The molecular weight excluding hydrogens is 426 g/mol. The van der Waals surface area contributed by atoms with Crippen molar-refractivity contribution in [2.24, 2.45) is 0 Å². The van der Waals surface area contributed by atoms with Gasteiger partial charge in [-0.2, -0.15) is 0 Å². The van der Waals surface area contributed by atoms with E-state index in [1.807, 2.05) is 24.3 Å². The van der Waals surface area contributed by atoms with E-state index >= 15 is 0 Å². The lowest BCUT2D eigenvalue weighted by atomic mass is 9.95. The van der Waals surface area contributed by atoms with Crippen molar-refractivity contribution in [1.82, 2.24) is 5.32 Å². The summed E-state index contributed by atoms with van der Waals surface area (Å²) in [5.74, 6) is 1.76. The molecule has 3 aromatic rings. The summed E-state index contributed by atoms with van der Waals surface area (Å²) in [4.78, 5) is 24.4. The van der Waals surface area contributed by atoms with Crippen molar-refractivity contribution in [3.63, 3.8) is 0 Å². The molecule has 0 unspecified atom stereocenters. The predicted octanol–water partition coefficient (Wildman–Crippen LogP) is 4.10.